The van der Waals surface area contributed by atoms with Crippen LogP contribution in [-0.2, 0) is 16.0 Å². The van der Waals surface area contributed by atoms with Crippen molar-refractivity contribution in [1.29, 1.82) is 0 Å². The molecule has 2 rings (SSSR count). The van der Waals surface area contributed by atoms with Gasteiger partial charge in [0.2, 0.25) is 5.91 Å². The summed E-state index contributed by atoms with van der Waals surface area (Å²) in [7, 11) is 0. The molecule has 0 aliphatic carbocycles. The summed E-state index contributed by atoms with van der Waals surface area (Å²) < 4.78 is 6.36. The van der Waals surface area contributed by atoms with E-state index in [0.717, 1.165) is 9.35 Å². The molecule has 1 saturated heterocycles. The highest BCUT2D eigenvalue weighted by Gasteiger charge is 2.26. The minimum absolute atomic E-state index is 0.0275. The third-order valence-electron chi connectivity index (χ3n) is 2.77. The number of carbonyl (C=O) groups excluding carboxylic acids is 1. The Bertz CT molecular complexity index is 397. The number of ether oxygens (including phenoxy) is 1. The summed E-state index contributed by atoms with van der Waals surface area (Å²) in [5.74, 6) is 0.137. The van der Waals surface area contributed by atoms with Crippen LogP contribution in [0.1, 0.15) is 4.88 Å². The maximum Gasteiger partial charge on any atom is 0.228 e. The van der Waals surface area contributed by atoms with Crippen LogP contribution in [0.2, 0.25) is 0 Å². The van der Waals surface area contributed by atoms with E-state index in [2.05, 4.69) is 15.9 Å². The second-order valence-corrected chi connectivity index (χ2v) is 5.87. The monoisotopic (exact) mass is 318 g/mol. The summed E-state index contributed by atoms with van der Waals surface area (Å²) in [5, 5.41) is 1.99. The smallest absolute Gasteiger partial charge is 0.228 e. The predicted molar refractivity (Wildman–Crippen MR) is 71.1 cm³/mol. The van der Waals surface area contributed by atoms with E-state index >= 15 is 0 Å². The molecule has 17 heavy (non-hydrogen) atoms. The lowest BCUT2D eigenvalue weighted by molar-refractivity contribution is -0.138. The third kappa shape index (κ3) is 3.28. The number of carbonyl (C=O) groups is 1. The van der Waals surface area contributed by atoms with Crippen LogP contribution in [0.15, 0.2) is 15.9 Å². The standard InChI is InChI=1S/C11H15BrN2O2S/c12-8-3-10(17-7-8)4-11(15)14-1-2-16-6-9(14)5-13/h3,7,9H,1-2,4-6,13H2. The van der Waals surface area contributed by atoms with Gasteiger partial charge < -0.3 is 15.4 Å². The number of hydrogen-bond acceptors (Lipinski definition) is 4. The first-order valence-corrected chi connectivity index (χ1v) is 7.18. The van der Waals surface area contributed by atoms with Crippen molar-refractivity contribution >= 4 is 33.2 Å². The van der Waals surface area contributed by atoms with Gasteiger partial charge in [-0.2, -0.15) is 0 Å². The molecule has 1 aromatic heterocycles. The Morgan fingerprint density at radius 2 is 2.53 bits per heavy atom. The van der Waals surface area contributed by atoms with Crippen molar-refractivity contribution in [3.63, 3.8) is 0 Å². The van der Waals surface area contributed by atoms with Gasteiger partial charge in [-0.1, -0.05) is 0 Å². The zero-order valence-corrected chi connectivity index (χ0v) is 11.8. The third-order valence-corrected chi connectivity index (χ3v) is 4.46. The van der Waals surface area contributed by atoms with E-state index in [4.69, 9.17) is 10.5 Å². The van der Waals surface area contributed by atoms with Crippen molar-refractivity contribution in [3.05, 3.63) is 20.8 Å². The fourth-order valence-electron chi connectivity index (χ4n) is 1.88. The predicted octanol–water partition coefficient (Wildman–Crippen LogP) is 1.24. The molecule has 0 saturated carbocycles. The number of morpholine rings is 1. The quantitative estimate of drug-likeness (QED) is 0.912. The van der Waals surface area contributed by atoms with Crippen molar-refractivity contribution < 1.29 is 9.53 Å². The molecule has 0 radical (unpaired) electrons. The maximum absolute atomic E-state index is 12.2. The average molecular weight is 319 g/mol. The number of nitrogens with zero attached hydrogens (tertiary/aromatic N) is 1. The molecule has 6 heteroatoms. The maximum atomic E-state index is 12.2. The Morgan fingerprint density at radius 3 is 3.18 bits per heavy atom. The van der Waals surface area contributed by atoms with E-state index < -0.39 is 0 Å². The molecule has 1 aliphatic rings. The van der Waals surface area contributed by atoms with Crippen molar-refractivity contribution in [2.75, 3.05) is 26.3 Å². The minimum Gasteiger partial charge on any atom is -0.377 e. The summed E-state index contributed by atoms with van der Waals surface area (Å²) >= 11 is 4.98. The summed E-state index contributed by atoms with van der Waals surface area (Å²) in [6.45, 7) is 2.26. The molecule has 1 aliphatic heterocycles. The van der Waals surface area contributed by atoms with Gasteiger partial charge in [-0.15, -0.1) is 11.3 Å². The SMILES string of the molecule is NCC1COCCN1C(=O)Cc1cc(Br)cs1. The topological polar surface area (TPSA) is 55.6 Å². The molecule has 1 unspecified atom stereocenters. The molecular weight excluding hydrogens is 304 g/mol. The van der Waals surface area contributed by atoms with E-state index in [-0.39, 0.29) is 11.9 Å². The van der Waals surface area contributed by atoms with E-state index in [0.29, 0.717) is 32.7 Å². The van der Waals surface area contributed by atoms with Crippen LogP contribution in [0.4, 0.5) is 0 Å². The molecule has 4 nitrogen and oxygen atoms in total. The van der Waals surface area contributed by atoms with Gasteiger partial charge in [-0.05, 0) is 22.0 Å². The largest absolute Gasteiger partial charge is 0.377 e. The van der Waals surface area contributed by atoms with Gasteiger partial charge in [-0.25, -0.2) is 0 Å². The molecule has 94 valence electrons. The molecule has 0 spiro atoms. The Balaban J connectivity index is 1.98. The Hall–Kier alpha value is -0.430. The first kappa shape index (κ1) is 13.0. The Kier molecular flexibility index (Phi) is 4.55. The summed E-state index contributed by atoms with van der Waals surface area (Å²) in [4.78, 5) is 15.1. The molecule has 1 fully saturated rings. The lowest BCUT2D eigenvalue weighted by Crippen LogP contribution is -2.52. The van der Waals surface area contributed by atoms with Gasteiger partial charge in [0.25, 0.3) is 0 Å². The number of nitrogens with two attached hydrogens (primary N) is 1. The fraction of sp³-hybridized carbons (Fsp3) is 0.545. The molecular formula is C11H15BrN2O2S. The normalized spacial score (nSPS) is 20.6. The average Bonchev–Trinajstić information content (AvgIpc) is 2.74. The lowest BCUT2D eigenvalue weighted by Gasteiger charge is -2.34. The van der Waals surface area contributed by atoms with Gasteiger partial charge in [0, 0.05) is 27.8 Å². The molecule has 2 heterocycles. The van der Waals surface area contributed by atoms with Crippen LogP contribution in [0.3, 0.4) is 0 Å². The van der Waals surface area contributed by atoms with Gasteiger partial charge in [0.05, 0.1) is 25.7 Å². The number of halogens is 1. The zero-order valence-electron chi connectivity index (χ0n) is 9.39. The van der Waals surface area contributed by atoms with E-state index in [1.807, 2.05) is 16.3 Å². The number of rotatable bonds is 3. The second kappa shape index (κ2) is 5.95. The van der Waals surface area contributed by atoms with Gasteiger partial charge in [-0.3, -0.25) is 4.79 Å². The summed E-state index contributed by atoms with van der Waals surface area (Å²) in [6.07, 6.45) is 0.451. The number of thiophene rings is 1. The van der Waals surface area contributed by atoms with E-state index in [1.165, 1.54) is 0 Å². The fourth-order valence-corrected chi connectivity index (χ4v) is 3.32. The molecule has 1 aromatic rings. The number of amides is 1. The Morgan fingerprint density at radius 1 is 1.71 bits per heavy atom. The van der Waals surface area contributed by atoms with Crippen LogP contribution in [0.5, 0.6) is 0 Å². The highest BCUT2D eigenvalue weighted by molar-refractivity contribution is 9.10. The molecule has 2 N–H and O–H groups in total. The van der Waals surface area contributed by atoms with E-state index in [9.17, 15) is 4.79 Å². The van der Waals surface area contributed by atoms with Gasteiger partial charge in [0.15, 0.2) is 0 Å². The van der Waals surface area contributed by atoms with Crippen LogP contribution in [0.25, 0.3) is 0 Å². The molecule has 0 bridgehead atoms. The lowest BCUT2D eigenvalue weighted by atomic mass is 10.2. The first-order valence-electron chi connectivity index (χ1n) is 5.51. The highest BCUT2D eigenvalue weighted by atomic mass is 79.9. The van der Waals surface area contributed by atoms with Crippen LogP contribution < -0.4 is 5.73 Å². The second-order valence-electron chi connectivity index (χ2n) is 3.96. The van der Waals surface area contributed by atoms with Crippen molar-refractivity contribution in [1.82, 2.24) is 4.90 Å². The Labute approximate surface area is 113 Å². The summed E-state index contributed by atoms with van der Waals surface area (Å²) in [6, 6.07) is 2.01. The molecule has 1 amide bonds. The van der Waals surface area contributed by atoms with Crippen LogP contribution in [-0.4, -0.2) is 43.2 Å². The van der Waals surface area contributed by atoms with E-state index in [1.54, 1.807) is 11.3 Å². The molecule has 0 aromatic carbocycles. The van der Waals surface area contributed by atoms with Gasteiger partial charge in [0.1, 0.15) is 0 Å². The van der Waals surface area contributed by atoms with Gasteiger partial charge >= 0.3 is 0 Å². The first-order chi connectivity index (χ1) is 8.20. The minimum atomic E-state index is 0.0275. The highest BCUT2D eigenvalue weighted by Crippen LogP contribution is 2.21. The summed E-state index contributed by atoms with van der Waals surface area (Å²) in [5.41, 5.74) is 5.65. The van der Waals surface area contributed by atoms with Crippen molar-refractivity contribution in [2.24, 2.45) is 5.73 Å². The zero-order chi connectivity index (χ0) is 12.3. The van der Waals surface area contributed by atoms with Crippen molar-refractivity contribution in [2.45, 2.75) is 12.5 Å². The van der Waals surface area contributed by atoms with Crippen molar-refractivity contribution in [3.8, 4) is 0 Å². The molecule has 1 atom stereocenters. The van der Waals surface area contributed by atoms with Crippen LogP contribution in [0, 0.1) is 0 Å². The number of hydrogen-bond donors (Lipinski definition) is 1. The van der Waals surface area contributed by atoms with Crippen LogP contribution >= 0.6 is 27.3 Å².